The molecule has 4 nitrogen and oxygen atoms in total. The number of benzene rings is 2. The van der Waals surface area contributed by atoms with E-state index in [0.29, 0.717) is 5.69 Å². The molecule has 1 aromatic heterocycles. The summed E-state index contributed by atoms with van der Waals surface area (Å²) in [4.78, 5) is 28.6. The first-order valence-corrected chi connectivity index (χ1v) is 12.9. The fourth-order valence-corrected chi connectivity index (χ4v) is 4.71. The van der Waals surface area contributed by atoms with Crippen LogP contribution in [-0.4, -0.2) is 24.4 Å². The molecule has 1 aliphatic rings. The summed E-state index contributed by atoms with van der Waals surface area (Å²) in [6.45, 7) is 1.95. The third kappa shape index (κ3) is 8.29. The Morgan fingerprint density at radius 2 is 1.82 bits per heavy atom. The molecule has 4 rings (SSSR count). The van der Waals surface area contributed by atoms with Gasteiger partial charge < -0.3 is 10.2 Å². The molecule has 1 fully saturated rings. The quantitative estimate of drug-likeness (QED) is 0.398. The number of rotatable bonds is 6. The lowest BCUT2D eigenvalue weighted by Gasteiger charge is -2.26. The maximum Gasteiger partial charge on any atom is 0.240 e. The summed E-state index contributed by atoms with van der Waals surface area (Å²) >= 11 is 5.69. The Morgan fingerprint density at radius 1 is 1.06 bits per heavy atom. The first kappa shape index (κ1) is 26.0. The third-order valence-electron chi connectivity index (χ3n) is 5.71. The van der Waals surface area contributed by atoms with Crippen molar-refractivity contribution < 1.29 is 14.0 Å². The van der Waals surface area contributed by atoms with Gasteiger partial charge in [-0.1, -0.05) is 49.6 Å². The number of hydrogen-bond donors (Lipinski definition) is 2. The van der Waals surface area contributed by atoms with Gasteiger partial charge in [-0.05, 0) is 61.0 Å². The van der Waals surface area contributed by atoms with Crippen LogP contribution in [0.2, 0.25) is 0 Å². The summed E-state index contributed by atoms with van der Waals surface area (Å²) in [5.41, 5.74) is 1.64. The molecule has 0 bridgehead atoms. The summed E-state index contributed by atoms with van der Waals surface area (Å²) in [6.07, 6.45) is 5.61. The zero-order chi connectivity index (χ0) is 24.3. The lowest BCUT2D eigenvalue weighted by molar-refractivity contribution is -0.124. The van der Waals surface area contributed by atoms with E-state index in [2.05, 4.69) is 17.9 Å². The minimum Gasteiger partial charge on any atom is -0.352 e. The molecule has 7 heteroatoms. The summed E-state index contributed by atoms with van der Waals surface area (Å²) < 4.78 is 13.6. The monoisotopic (exact) mass is 498 g/mol. The average Bonchev–Trinajstić information content (AvgIpc) is 3.33. The molecule has 2 amide bonds. The van der Waals surface area contributed by atoms with Gasteiger partial charge in [0.1, 0.15) is 12.4 Å². The van der Waals surface area contributed by atoms with Crippen molar-refractivity contribution >= 4 is 41.5 Å². The largest absolute Gasteiger partial charge is 0.352 e. The summed E-state index contributed by atoms with van der Waals surface area (Å²) in [6, 6.07) is 17.8. The SMILES string of the molecule is Cc1ccccc1S.O=C(CN(C(=O)Cc1cccs1)c1cccc(F)c1)NC1CCCCC1. The fraction of sp³-hybridized carbons (Fsp3) is 0.333. The van der Waals surface area contributed by atoms with E-state index in [-0.39, 0.29) is 30.8 Å². The number of amides is 2. The van der Waals surface area contributed by atoms with Gasteiger partial charge in [0.25, 0.3) is 0 Å². The molecule has 3 aromatic rings. The minimum atomic E-state index is -0.427. The molecule has 1 saturated carbocycles. The maximum atomic E-state index is 13.6. The van der Waals surface area contributed by atoms with Crippen LogP contribution in [0.5, 0.6) is 0 Å². The van der Waals surface area contributed by atoms with Crippen LogP contribution in [0.1, 0.15) is 42.5 Å². The van der Waals surface area contributed by atoms with Crippen LogP contribution in [-0.2, 0) is 16.0 Å². The molecule has 34 heavy (non-hydrogen) atoms. The van der Waals surface area contributed by atoms with Crippen molar-refractivity contribution in [1.82, 2.24) is 5.32 Å². The molecule has 0 saturated heterocycles. The Labute approximate surface area is 210 Å². The van der Waals surface area contributed by atoms with E-state index >= 15 is 0 Å². The van der Waals surface area contributed by atoms with Gasteiger partial charge in [0, 0.05) is 21.5 Å². The molecule has 1 aliphatic carbocycles. The van der Waals surface area contributed by atoms with Crippen molar-refractivity contribution in [3.05, 3.63) is 82.3 Å². The van der Waals surface area contributed by atoms with E-state index in [1.54, 1.807) is 12.1 Å². The Morgan fingerprint density at radius 3 is 2.44 bits per heavy atom. The molecule has 0 spiro atoms. The van der Waals surface area contributed by atoms with Crippen molar-refractivity contribution in [2.45, 2.75) is 56.4 Å². The van der Waals surface area contributed by atoms with Gasteiger partial charge in [-0.3, -0.25) is 9.59 Å². The average molecular weight is 499 g/mol. The number of thiol groups is 1. The van der Waals surface area contributed by atoms with Crippen LogP contribution in [0.15, 0.2) is 70.9 Å². The van der Waals surface area contributed by atoms with E-state index in [1.807, 2.05) is 48.7 Å². The van der Waals surface area contributed by atoms with Gasteiger partial charge in [0.05, 0.1) is 6.42 Å². The first-order chi connectivity index (χ1) is 16.4. The lowest BCUT2D eigenvalue weighted by Crippen LogP contribution is -2.45. The van der Waals surface area contributed by atoms with Crippen LogP contribution in [0.4, 0.5) is 10.1 Å². The molecular formula is C27H31FN2O2S2. The second-order valence-electron chi connectivity index (χ2n) is 8.40. The smallest absolute Gasteiger partial charge is 0.240 e. The molecule has 180 valence electrons. The van der Waals surface area contributed by atoms with Crippen molar-refractivity contribution in [3.8, 4) is 0 Å². The summed E-state index contributed by atoms with van der Waals surface area (Å²) in [5.74, 6) is -0.832. The number of aryl methyl sites for hydroxylation is 1. The molecule has 0 radical (unpaired) electrons. The Balaban J connectivity index is 0.000000343. The number of thiophene rings is 1. The Bertz CT molecular complexity index is 1050. The highest BCUT2D eigenvalue weighted by molar-refractivity contribution is 7.80. The molecule has 1 N–H and O–H groups in total. The first-order valence-electron chi connectivity index (χ1n) is 11.5. The number of carbonyl (C=O) groups is 2. The maximum absolute atomic E-state index is 13.6. The third-order valence-corrected chi connectivity index (χ3v) is 7.09. The normalized spacial score (nSPS) is 13.5. The van der Waals surface area contributed by atoms with E-state index in [1.165, 1.54) is 40.4 Å². The second kappa shape index (κ2) is 13.3. The predicted octanol–water partition coefficient (Wildman–Crippen LogP) is 6.20. The molecule has 2 aromatic carbocycles. The fourth-order valence-electron chi connectivity index (χ4n) is 3.85. The van der Waals surface area contributed by atoms with Crippen molar-refractivity contribution in [3.63, 3.8) is 0 Å². The second-order valence-corrected chi connectivity index (χ2v) is 9.92. The number of halogens is 1. The zero-order valence-corrected chi connectivity index (χ0v) is 21.1. The number of carbonyl (C=O) groups excluding carboxylic acids is 2. The van der Waals surface area contributed by atoms with E-state index in [0.717, 1.165) is 35.5 Å². The minimum absolute atomic E-state index is 0.0931. The Kier molecular flexibility index (Phi) is 10.2. The van der Waals surface area contributed by atoms with Gasteiger partial charge in [-0.2, -0.15) is 0 Å². The molecule has 0 atom stereocenters. The standard InChI is InChI=1S/C20H23FN2O2S.C7H8S/c21-15-6-4-9-17(12-15)23(20(25)13-18-10-5-11-26-18)14-19(24)22-16-7-2-1-3-8-16;1-6-4-2-3-5-7(6)8/h4-6,9-12,16H,1-3,7-8,13-14H2,(H,22,24);2-5,8H,1H3. The van der Waals surface area contributed by atoms with Crippen LogP contribution in [0.25, 0.3) is 0 Å². The van der Waals surface area contributed by atoms with Crippen molar-refractivity contribution in [2.24, 2.45) is 0 Å². The van der Waals surface area contributed by atoms with Crippen LogP contribution >= 0.6 is 24.0 Å². The van der Waals surface area contributed by atoms with Crippen LogP contribution in [0.3, 0.4) is 0 Å². The predicted molar refractivity (Wildman–Crippen MR) is 140 cm³/mol. The number of nitrogens with zero attached hydrogens (tertiary/aromatic N) is 1. The van der Waals surface area contributed by atoms with Crippen molar-refractivity contribution in [2.75, 3.05) is 11.4 Å². The van der Waals surface area contributed by atoms with Crippen molar-refractivity contribution in [1.29, 1.82) is 0 Å². The van der Waals surface area contributed by atoms with Crippen LogP contribution in [0, 0.1) is 12.7 Å². The highest BCUT2D eigenvalue weighted by Crippen LogP contribution is 2.20. The van der Waals surface area contributed by atoms with Gasteiger partial charge in [0.15, 0.2) is 0 Å². The zero-order valence-electron chi connectivity index (χ0n) is 19.4. The molecule has 0 aliphatic heterocycles. The van der Waals surface area contributed by atoms with E-state index < -0.39 is 5.82 Å². The lowest BCUT2D eigenvalue weighted by atomic mass is 9.95. The highest BCUT2D eigenvalue weighted by atomic mass is 32.1. The molecule has 1 heterocycles. The Hall–Kier alpha value is -2.64. The van der Waals surface area contributed by atoms with Gasteiger partial charge >= 0.3 is 0 Å². The number of hydrogen-bond acceptors (Lipinski definition) is 4. The summed E-state index contributed by atoms with van der Waals surface area (Å²) in [7, 11) is 0. The molecule has 0 unspecified atom stereocenters. The van der Waals surface area contributed by atoms with Gasteiger partial charge in [0.2, 0.25) is 11.8 Å². The van der Waals surface area contributed by atoms with Crippen LogP contribution < -0.4 is 10.2 Å². The van der Waals surface area contributed by atoms with Gasteiger partial charge in [-0.25, -0.2) is 4.39 Å². The highest BCUT2D eigenvalue weighted by Gasteiger charge is 2.22. The van der Waals surface area contributed by atoms with E-state index in [4.69, 9.17) is 0 Å². The topological polar surface area (TPSA) is 49.4 Å². The summed E-state index contributed by atoms with van der Waals surface area (Å²) in [5, 5.41) is 4.93. The number of nitrogens with one attached hydrogen (secondary N) is 1. The van der Waals surface area contributed by atoms with E-state index in [9.17, 15) is 14.0 Å². The van der Waals surface area contributed by atoms with Gasteiger partial charge in [-0.15, -0.1) is 24.0 Å². The number of anilines is 1. The molecular weight excluding hydrogens is 467 g/mol.